The summed E-state index contributed by atoms with van der Waals surface area (Å²) >= 11 is 7.52. The van der Waals surface area contributed by atoms with E-state index >= 15 is 0 Å². The van der Waals surface area contributed by atoms with Gasteiger partial charge in [-0.2, -0.15) is 0 Å². The van der Waals surface area contributed by atoms with Gasteiger partial charge in [-0.15, -0.1) is 11.3 Å². The number of halogens is 1. The Morgan fingerprint density at radius 1 is 1.31 bits per heavy atom. The number of benzene rings is 1. The molecule has 0 saturated heterocycles. The highest BCUT2D eigenvalue weighted by Crippen LogP contribution is 2.14. The first kappa shape index (κ1) is 11.4. The lowest BCUT2D eigenvalue weighted by Gasteiger charge is -2.04. The first-order valence-electron chi connectivity index (χ1n) is 5.14. The van der Waals surface area contributed by atoms with E-state index in [2.05, 4.69) is 15.7 Å². The second-order valence-corrected chi connectivity index (χ2v) is 4.95. The van der Waals surface area contributed by atoms with Crippen LogP contribution in [0.2, 0.25) is 5.02 Å². The van der Waals surface area contributed by atoms with E-state index in [0.29, 0.717) is 0 Å². The number of hydrogen-bond acceptors (Lipinski definition) is 3. The molecule has 2 rings (SSSR count). The zero-order chi connectivity index (χ0) is 11.4. The maximum Gasteiger partial charge on any atom is 0.0945 e. The van der Waals surface area contributed by atoms with E-state index in [1.807, 2.05) is 31.2 Å². The standard InChI is InChI=1S/C12H13ClN2S/c1-9-8-16-12(15-9)6-7-14-11-4-2-10(13)3-5-11/h2-5,8,14H,6-7H2,1H3. The molecule has 1 aromatic carbocycles. The minimum Gasteiger partial charge on any atom is -0.385 e. The number of thiazole rings is 1. The Kier molecular flexibility index (Phi) is 3.80. The molecule has 1 heterocycles. The van der Waals surface area contributed by atoms with Gasteiger partial charge in [-0.3, -0.25) is 0 Å². The van der Waals surface area contributed by atoms with Crippen LogP contribution in [0.25, 0.3) is 0 Å². The molecule has 0 unspecified atom stereocenters. The molecule has 0 fully saturated rings. The predicted molar refractivity (Wildman–Crippen MR) is 70.5 cm³/mol. The highest BCUT2D eigenvalue weighted by molar-refractivity contribution is 7.09. The number of aryl methyl sites for hydroxylation is 1. The van der Waals surface area contributed by atoms with E-state index in [1.54, 1.807) is 11.3 Å². The first-order valence-corrected chi connectivity index (χ1v) is 6.40. The minimum atomic E-state index is 0.765. The zero-order valence-electron chi connectivity index (χ0n) is 9.03. The fraction of sp³-hybridized carbons (Fsp3) is 0.250. The van der Waals surface area contributed by atoms with Gasteiger partial charge < -0.3 is 5.32 Å². The van der Waals surface area contributed by atoms with E-state index in [0.717, 1.165) is 29.4 Å². The van der Waals surface area contributed by atoms with Gasteiger partial charge in [0.1, 0.15) is 0 Å². The number of nitrogens with one attached hydrogen (secondary N) is 1. The van der Waals surface area contributed by atoms with E-state index in [4.69, 9.17) is 11.6 Å². The average Bonchev–Trinajstić information content (AvgIpc) is 2.67. The van der Waals surface area contributed by atoms with Crippen molar-refractivity contribution in [3.8, 4) is 0 Å². The van der Waals surface area contributed by atoms with Crippen LogP contribution in [0.15, 0.2) is 29.6 Å². The molecular weight excluding hydrogens is 240 g/mol. The Bertz CT molecular complexity index is 450. The van der Waals surface area contributed by atoms with Gasteiger partial charge >= 0.3 is 0 Å². The summed E-state index contributed by atoms with van der Waals surface area (Å²) < 4.78 is 0. The molecule has 0 aliphatic rings. The number of hydrogen-bond donors (Lipinski definition) is 1. The lowest BCUT2D eigenvalue weighted by molar-refractivity contribution is 0.987. The molecule has 0 aliphatic carbocycles. The molecular formula is C12H13ClN2S. The van der Waals surface area contributed by atoms with E-state index < -0.39 is 0 Å². The fourth-order valence-electron chi connectivity index (χ4n) is 1.40. The third kappa shape index (κ3) is 3.22. The summed E-state index contributed by atoms with van der Waals surface area (Å²) in [6.07, 6.45) is 0.959. The molecule has 0 amide bonds. The molecule has 1 N–H and O–H groups in total. The molecule has 0 bridgehead atoms. The van der Waals surface area contributed by atoms with E-state index in [9.17, 15) is 0 Å². The van der Waals surface area contributed by atoms with Crippen molar-refractivity contribution >= 4 is 28.6 Å². The summed E-state index contributed by atoms with van der Waals surface area (Å²) in [7, 11) is 0. The molecule has 0 atom stereocenters. The molecule has 16 heavy (non-hydrogen) atoms. The SMILES string of the molecule is Cc1csc(CCNc2ccc(Cl)cc2)n1. The smallest absolute Gasteiger partial charge is 0.0945 e. The molecule has 2 nitrogen and oxygen atoms in total. The lowest BCUT2D eigenvalue weighted by atomic mass is 10.3. The number of anilines is 1. The summed E-state index contributed by atoms with van der Waals surface area (Å²) in [5, 5.41) is 7.36. The van der Waals surface area contributed by atoms with E-state index in [-0.39, 0.29) is 0 Å². The Hall–Kier alpha value is -1.06. The van der Waals surface area contributed by atoms with E-state index in [1.165, 1.54) is 5.01 Å². The van der Waals surface area contributed by atoms with Crippen molar-refractivity contribution in [3.63, 3.8) is 0 Å². The maximum absolute atomic E-state index is 5.81. The quantitative estimate of drug-likeness (QED) is 0.896. The van der Waals surface area contributed by atoms with Crippen LogP contribution in [-0.2, 0) is 6.42 Å². The summed E-state index contributed by atoms with van der Waals surface area (Å²) in [6, 6.07) is 7.74. The highest BCUT2D eigenvalue weighted by Gasteiger charge is 1.98. The molecule has 84 valence electrons. The number of aromatic nitrogens is 1. The zero-order valence-corrected chi connectivity index (χ0v) is 10.6. The third-order valence-corrected chi connectivity index (χ3v) is 3.46. The van der Waals surface area contributed by atoms with Crippen LogP contribution in [-0.4, -0.2) is 11.5 Å². The largest absolute Gasteiger partial charge is 0.385 e. The topological polar surface area (TPSA) is 24.9 Å². The predicted octanol–water partition coefficient (Wildman–Crippen LogP) is 3.76. The fourth-order valence-corrected chi connectivity index (χ4v) is 2.30. The Morgan fingerprint density at radius 2 is 2.06 bits per heavy atom. The minimum absolute atomic E-state index is 0.765. The molecule has 0 radical (unpaired) electrons. The maximum atomic E-state index is 5.81. The third-order valence-electron chi connectivity index (χ3n) is 2.18. The van der Waals surface area contributed by atoms with Gasteiger partial charge in [0.05, 0.1) is 5.01 Å². The second-order valence-electron chi connectivity index (χ2n) is 3.57. The van der Waals surface area contributed by atoms with Gasteiger partial charge in [0.15, 0.2) is 0 Å². The van der Waals surface area contributed by atoms with Gasteiger partial charge in [-0.1, -0.05) is 11.6 Å². The van der Waals surface area contributed by atoms with Crippen LogP contribution >= 0.6 is 22.9 Å². The number of nitrogens with zero attached hydrogens (tertiary/aromatic N) is 1. The molecule has 0 saturated carbocycles. The summed E-state index contributed by atoms with van der Waals surface area (Å²) in [6.45, 7) is 2.92. The normalized spacial score (nSPS) is 10.4. The van der Waals surface area contributed by atoms with Gasteiger partial charge in [0.2, 0.25) is 0 Å². The van der Waals surface area contributed by atoms with Crippen molar-refractivity contribution in [2.45, 2.75) is 13.3 Å². The molecule has 1 aromatic heterocycles. The van der Waals surface area contributed by atoms with Gasteiger partial charge in [-0.25, -0.2) is 4.98 Å². The average molecular weight is 253 g/mol. The van der Waals surface area contributed by atoms with Crippen LogP contribution in [0.5, 0.6) is 0 Å². The lowest BCUT2D eigenvalue weighted by Crippen LogP contribution is -2.04. The van der Waals surface area contributed by atoms with Crippen LogP contribution in [0, 0.1) is 6.92 Å². The highest BCUT2D eigenvalue weighted by atomic mass is 35.5. The van der Waals surface area contributed by atoms with Crippen LogP contribution in [0.3, 0.4) is 0 Å². The molecule has 0 spiro atoms. The second kappa shape index (κ2) is 5.32. The van der Waals surface area contributed by atoms with Crippen molar-refractivity contribution < 1.29 is 0 Å². The summed E-state index contributed by atoms with van der Waals surface area (Å²) in [5.74, 6) is 0. The summed E-state index contributed by atoms with van der Waals surface area (Å²) in [4.78, 5) is 4.41. The van der Waals surface area contributed by atoms with Crippen LogP contribution < -0.4 is 5.32 Å². The van der Waals surface area contributed by atoms with Gasteiger partial charge in [0.25, 0.3) is 0 Å². The van der Waals surface area contributed by atoms with Crippen molar-refractivity contribution in [1.29, 1.82) is 0 Å². The van der Waals surface area contributed by atoms with Gasteiger partial charge in [-0.05, 0) is 31.2 Å². The summed E-state index contributed by atoms with van der Waals surface area (Å²) in [5.41, 5.74) is 2.20. The van der Waals surface area contributed by atoms with Crippen molar-refractivity contribution in [2.75, 3.05) is 11.9 Å². The van der Waals surface area contributed by atoms with Gasteiger partial charge in [0, 0.05) is 34.7 Å². The molecule has 4 heteroatoms. The monoisotopic (exact) mass is 252 g/mol. The van der Waals surface area contributed by atoms with Crippen LogP contribution in [0.1, 0.15) is 10.7 Å². The molecule has 0 aliphatic heterocycles. The van der Waals surface area contributed by atoms with Crippen molar-refractivity contribution in [2.24, 2.45) is 0 Å². The molecule has 2 aromatic rings. The Morgan fingerprint density at radius 3 is 2.69 bits per heavy atom. The van der Waals surface area contributed by atoms with Crippen LogP contribution in [0.4, 0.5) is 5.69 Å². The van der Waals surface area contributed by atoms with Crippen molar-refractivity contribution in [1.82, 2.24) is 4.98 Å². The Balaban J connectivity index is 1.82. The van der Waals surface area contributed by atoms with Crippen molar-refractivity contribution in [3.05, 3.63) is 45.4 Å². The Labute approximate surface area is 104 Å². The number of rotatable bonds is 4. The first-order chi connectivity index (χ1) is 7.74.